The molecule has 0 aliphatic heterocycles. The maximum Gasteiger partial charge on any atom is 0.348 e. The van der Waals surface area contributed by atoms with Crippen LogP contribution in [0.5, 0.6) is 6.01 Å². The summed E-state index contributed by atoms with van der Waals surface area (Å²) in [4.78, 5) is 25.4. The fraction of sp³-hybridized carbons (Fsp3) is 0.880. The van der Waals surface area contributed by atoms with Gasteiger partial charge < -0.3 is 18.9 Å². The third kappa shape index (κ3) is 11.8. The minimum atomic E-state index is -1.59. The van der Waals surface area contributed by atoms with Crippen LogP contribution in [0.3, 0.4) is 0 Å². The molecule has 0 aliphatic rings. The molecule has 0 N–H and O–H groups in total. The Morgan fingerprint density at radius 1 is 0.629 bits per heavy atom. The standard InChI is InChI=1S/C25H48N4O6/c1-7-12-17-31-24-27-22(25(30-6,32-18-13-8-2)33-19-14-9-3)26-23(28-24)29(34-20-15-10-4)35-21-16-11-5/h7-21H2,1-6H3. The Hall–Kier alpha value is -1.59. The van der Waals surface area contributed by atoms with E-state index >= 15 is 0 Å². The lowest BCUT2D eigenvalue weighted by Gasteiger charge is -2.31. The minimum Gasteiger partial charge on any atom is -0.463 e. The Morgan fingerprint density at radius 3 is 1.60 bits per heavy atom. The van der Waals surface area contributed by atoms with Crippen LogP contribution in [0.1, 0.15) is 105 Å². The molecule has 0 atom stereocenters. The molecule has 0 unspecified atom stereocenters. The van der Waals surface area contributed by atoms with Crippen molar-refractivity contribution in [2.24, 2.45) is 0 Å². The van der Waals surface area contributed by atoms with Crippen molar-refractivity contribution in [3.8, 4) is 6.01 Å². The molecule has 10 heteroatoms. The number of aromatic nitrogens is 3. The lowest BCUT2D eigenvalue weighted by molar-refractivity contribution is -0.388. The van der Waals surface area contributed by atoms with Crippen molar-refractivity contribution >= 4 is 5.95 Å². The van der Waals surface area contributed by atoms with E-state index in [0.717, 1.165) is 64.2 Å². The van der Waals surface area contributed by atoms with Crippen molar-refractivity contribution in [3.63, 3.8) is 0 Å². The summed E-state index contributed by atoms with van der Waals surface area (Å²) in [5.74, 6) is -1.27. The number of unbranched alkanes of at least 4 members (excludes halogenated alkanes) is 5. The summed E-state index contributed by atoms with van der Waals surface area (Å²) in [6, 6.07) is 0.140. The van der Waals surface area contributed by atoms with Gasteiger partial charge in [-0.15, -0.1) is 0 Å². The molecule has 0 radical (unpaired) electrons. The van der Waals surface area contributed by atoms with Crippen molar-refractivity contribution in [1.29, 1.82) is 0 Å². The van der Waals surface area contributed by atoms with Crippen molar-refractivity contribution in [2.75, 3.05) is 45.4 Å². The second-order valence-electron chi connectivity index (χ2n) is 8.24. The fourth-order valence-electron chi connectivity index (χ4n) is 2.75. The predicted molar refractivity (Wildman–Crippen MR) is 135 cm³/mol. The number of nitrogens with zero attached hydrogens (tertiary/aromatic N) is 4. The molecule has 10 nitrogen and oxygen atoms in total. The van der Waals surface area contributed by atoms with Gasteiger partial charge in [0.15, 0.2) is 0 Å². The highest BCUT2D eigenvalue weighted by molar-refractivity contribution is 5.25. The SMILES string of the molecule is CCCCOc1nc(N(OCCCC)OCCCC)nc(C(OC)(OCCCC)OCCCC)n1. The summed E-state index contributed by atoms with van der Waals surface area (Å²) in [6.07, 6.45) is 9.18. The van der Waals surface area contributed by atoms with E-state index in [9.17, 15) is 0 Å². The smallest absolute Gasteiger partial charge is 0.348 e. The van der Waals surface area contributed by atoms with Crippen LogP contribution in [0.2, 0.25) is 0 Å². The number of methoxy groups -OCH3 is 1. The molecule has 0 bridgehead atoms. The summed E-state index contributed by atoms with van der Waals surface area (Å²) < 4.78 is 23.9. The first kappa shape index (κ1) is 31.4. The third-order valence-electron chi connectivity index (χ3n) is 5.03. The van der Waals surface area contributed by atoms with Crippen LogP contribution >= 0.6 is 0 Å². The lowest BCUT2D eigenvalue weighted by atomic mass is 10.3. The van der Waals surface area contributed by atoms with Crippen molar-refractivity contribution in [3.05, 3.63) is 5.82 Å². The Balaban J connectivity index is 3.41. The van der Waals surface area contributed by atoms with Gasteiger partial charge in [0.1, 0.15) is 0 Å². The Labute approximate surface area is 211 Å². The maximum atomic E-state index is 6.11. The van der Waals surface area contributed by atoms with Crippen LogP contribution in [0, 0.1) is 0 Å². The van der Waals surface area contributed by atoms with Crippen molar-refractivity contribution < 1.29 is 28.6 Å². The van der Waals surface area contributed by atoms with Crippen LogP contribution in [-0.2, 0) is 29.9 Å². The third-order valence-corrected chi connectivity index (χ3v) is 5.03. The average Bonchev–Trinajstić information content (AvgIpc) is 2.87. The van der Waals surface area contributed by atoms with Crippen molar-refractivity contribution in [1.82, 2.24) is 15.0 Å². The molecule has 1 rings (SSSR count). The molecule has 0 amide bonds. The Morgan fingerprint density at radius 2 is 1.11 bits per heavy atom. The van der Waals surface area contributed by atoms with Crippen LogP contribution in [0.15, 0.2) is 0 Å². The van der Waals surface area contributed by atoms with Gasteiger partial charge in [0.2, 0.25) is 5.82 Å². The summed E-state index contributed by atoms with van der Waals surface area (Å²) >= 11 is 0. The van der Waals surface area contributed by atoms with E-state index in [4.69, 9.17) is 28.6 Å². The molecule has 1 heterocycles. The fourth-order valence-corrected chi connectivity index (χ4v) is 2.75. The van der Waals surface area contributed by atoms with E-state index in [-0.39, 0.29) is 17.8 Å². The Bertz CT molecular complexity index is 632. The molecular weight excluding hydrogens is 452 g/mol. The zero-order valence-electron chi connectivity index (χ0n) is 22.8. The Kier molecular flexibility index (Phi) is 17.6. The van der Waals surface area contributed by atoms with E-state index in [1.807, 2.05) is 0 Å². The molecular formula is C25H48N4O6. The van der Waals surface area contributed by atoms with E-state index in [2.05, 4.69) is 49.6 Å². The highest BCUT2D eigenvalue weighted by Crippen LogP contribution is 2.29. The van der Waals surface area contributed by atoms with E-state index < -0.39 is 5.97 Å². The van der Waals surface area contributed by atoms with Gasteiger partial charge in [-0.1, -0.05) is 71.9 Å². The minimum absolute atomic E-state index is 0.140. The molecule has 1 aromatic heterocycles. The van der Waals surface area contributed by atoms with Gasteiger partial charge in [-0.2, -0.15) is 15.0 Å². The van der Waals surface area contributed by atoms with Crippen LogP contribution in [0.25, 0.3) is 0 Å². The second kappa shape index (κ2) is 19.6. The first-order valence-corrected chi connectivity index (χ1v) is 13.4. The lowest BCUT2D eigenvalue weighted by Crippen LogP contribution is -2.39. The quantitative estimate of drug-likeness (QED) is 0.106. The zero-order chi connectivity index (χ0) is 25.8. The van der Waals surface area contributed by atoms with E-state index in [0.29, 0.717) is 33.0 Å². The van der Waals surface area contributed by atoms with Crippen molar-refractivity contribution in [2.45, 2.75) is 105 Å². The normalized spacial score (nSPS) is 11.7. The number of hydrogen-bond donors (Lipinski definition) is 0. The van der Waals surface area contributed by atoms with E-state index in [1.165, 1.54) is 12.3 Å². The number of hydrogen-bond acceptors (Lipinski definition) is 10. The molecule has 0 aliphatic carbocycles. The van der Waals surface area contributed by atoms with Crippen LogP contribution in [-0.4, -0.2) is 55.1 Å². The van der Waals surface area contributed by atoms with Gasteiger partial charge in [0.05, 0.1) is 33.0 Å². The van der Waals surface area contributed by atoms with Gasteiger partial charge in [-0.05, 0) is 32.1 Å². The average molecular weight is 501 g/mol. The zero-order valence-corrected chi connectivity index (χ0v) is 22.8. The highest BCUT2D eigenvalue weighted by Gasteiger charge is 2.40. The van der Waals surface area contributed by atoms with Gasteiger partial charge in [-0.25, -0.2) is 9.68 Å². The molecule has 1 aromatic rings. The van der Waals surface area contributed by atoms with Crippen LogP contribution < -0.4 is 9.96 Å². The van der Waals surface area contributed by atoms with Gasteiger partial charge >= 0.3 is 12.0 Å². The van der Waals surface area contributed by atoms with Crippen LogP contribution in [0.4, 0.5) is 5.95 Å². The summed E-state index contributed by atoms with van der Waals surface area (Å²) in [5.41, 5.74) is 0. The summed E-state index contributed by atoms with van der Waals surface area (Å²) in [7, 11) is 1.52. The first-order chi connectivity index (χ1) is 17.1. The predicted octanol–water partition coefficient (Wildman–Crippen LogP) is 5.71. The molecule has 0 fully saturated rings. The van der Waals surface area contributed by atoms with Gasteiger partial charge in [0.25, 0.3) is 5.95 Å². The van der Waals surface area contributed by atoms with E-state index in [1.54, 1.807) is 0 Å². The maximum absolute atomic E-state index is 6.11. The van der Waals surface area contributed by atoms with Gasteiger partial charge in [0, 0.05) is 7.11 Å². The summed E-state index contributed by atoms with van der Waals surface area (Å²) in [5, 5.41) is 1.25. The highest BCUT2D eigenvalue weighted by atomic mass is 17.0. The van der Waals surface area contributed by atoms with Gasteiger partial charge in [-0.3, -0.25) is 0 Å². The molecule has 204 valence electrons. The molecule has 35 heavy (non-hydrogen) atoms. The number of ether oxygens (including phenoxy) is 4. The molecule has 0 aromatic carbocycles. The topological polar surface area (TPSA) is 97.3 Å². The molecule has 0 saturated heterocycles. The first-order valence-electron chi connectivity index (χ1n) is 13.4. The summed E-state index contributed by atoms with van der Waals surface area (Å²) in [6.45, 7) is 12.7. The monoisotopic (exact) mass is 500 g/mol. The molecule has 0 spiro atoms. The largest absolute Gasteiger partial charge is 0.463 e. The number of rotatable bonds is 23. The number of anilines is 1. The second-order valence-corrected chi connectivity index (χ2v) is 8.24. The molecule has 0 saturated carbocycles.